The van der Waals surface area contributed by atoms with Crippen molar-refractivity contribution in [1.29, 1.82) is 0 Å². The Hall–Kier alpha value is -6.72. The largest absolute Gasteiger partial charge is 0.467 e. The van der Waals surface area contributed by atoms with Gasteiger partial charge in [-0.25, -0.2) is 19.0 Å². The number of hydrogen-bond acceptors (Lipinski definition) is 24. The molecule has 2 saturated heterocycles. The number of benzene rings is 2. The second-order valence-corrected chi connectivity index (χ2v) is 22.5. The van der Waals surface area contributed by atoms with Crippen molar-refractivity contribution in [2.24, 2.45) is 0 Å². The van der Waals surface area contributed by atoms with E-state index < -0.39 is 109 Å². The first-order chi connectivity index (χ1) is 40.7. The maximum absolute atomic E-state index is 13.0. The average Bonchev–Trinajstić information content (AvgIpc) is 1.76. The van der Waals surface area contributed by atoms with Gasteiger partial charge in [0.05, 0.1) is 45.5 Å². The van der Waals surface area contributed by atoms with Crippen molar-refractivity contribution in [2.75, 3.05) is 27.4 Å². The second kappa shape index (κ2) is 30.6. The number of hydrogen-bond donors (Lipinski definition) is 0. The minimum Gasteiger partial charge on any atom is -0.467 e. The van der Waals surface area contributed by atoms with Gasteiger partial charge in [0.15, 0.2) is 61.3 Å². The summed E-state index contributed by atoms with van der Waals surface area (Å²) in [4.78, 5) is 99.5. The van der Waals surface area contributed by atoms with Crippen LogP contribution in [0.2, 0.25) is 0 Å². The number of carbonyl (C=O) groups excluding carboxylic acids is 8. The van der Waals surface area contributed by atoms with E-state index in [0.717, 1.165) is 129 Å². The molecule has 2 aromatic carbocycles. The quantitative estimate of drug-likeness (QED) is 0.0323. The summed E-state index contributed by atoms with van der Waals surface area (Å²) in [5.41, 5.74) is 5.57. The predicted molar refractivity (Wildman–Crippen MR) is 299 cm³/mol. The number of ether oxygens (including phenoxy) is 12. The summed E-state index contributed by atoms with van der Waals surface area (Å²) in [7, 11) is 2.22. The van der Waals surface area contributed by atoms with E-state index in [1.807, 2.05) is 0 Å². The van der Waals surface area contributed by atoms with Crippen LogP contribution >= 0.6 is 31.9 Å². The SMILES string of the molecule is COC(=O)C1OC(n2nncc2COCCCCCCC2(CCCCCCOCc3cn([C@@H]4O[C@H](C(=O)OC)[C@H](OC(C)=O)[C@H](OC(C)=O)[C@@H]4OC(C)=O)nn3)c3cc(Br)ccc3-c3ccc(Br)cc32)C(OC(C)=O)C(OC(C)=O)C1OC(C)=O. The van der Waals surface area contributed by atoms with Gasteiger partial charge in [0, 0.05) is 69.1 Å². The monoisotopic (exact) mass is 1320 g/mol. The van der Waals surface area contributed by atoms with Crippen molar-refractivity contribution in [2.45, 2.75) is 186 Å². The molecule has 10 atom stereocenters. The van der Waals surface area contributed by atoms with Crippen LogP contribution < -0.4 is 0 Å². The normalized spacial score (nSPS) is 22.9. The summed E-state index contributed by atoms with van der Waals surface area (Å²) in [5.74, 6) is -6.65. The number of nitrogens with zero attached hydrogens (tertiary/aromatic N) is 6. The van der Waals surface area contributed by atoms with Crippen LogP contribution in [0.4, 0.5) is 0 Å². The fourth-order valence-corrected chi connectivity index (χ4v) is 11.8. The molecule has 85 heavy (non-hydrogen) atoms. The highest BCUT2D eigenvalue weighted by atomic mass is 79.9. The van der Waals surface area contributed by atoms with Crippen molar-refractivity contribution >= 4 is 79.6 Å². The summed E-state index contributed by atoms with van der Waals surface area (Å²) >= 11 is 7.53. The van der Waals surface area contributed by atoms with Gasteiger partial charge in [-0.2, -0.15) is 0 Å². The first-order valence-corrected chi connectivity index (χ1v) is 29.3. The van der Waals surface area contributed by atoms with Crippen LogP contribution in [-0.4, -0.2) is 154 Å². The summed E-state index contributed by atoms with van der Waals surface area (Å²) in [6, 6.07) is 13.0. The standard InChI is InChI=1S/C57H70Br2N6O20/c1-31(66)78-45-47(80-33(3)68)51(55(72)74-7)84-53(49(45)82-35(5)70)64-28-39(61-63-64)29-76-23-15-11-9-13-21-57(43-25-37(58)17-19-41(43)42-20-18-38(59)26-44(42)57)22-14-10-12-16-24-77-30-40-27-60-62-65(40)54-50(83-36(6)71)46(79-32(2)67)48(81-34(4)69)52(85-54)56(73)75-8/h17-20,25-28,45-54H,9-16,21-24,29-30H2,1-8H3/t45-,46?,47+,48?,49-,50?,51-,52?,53+,54?/m0/s1. The zero-order valence-corrected chi connectivity index (χ0v) is 51.6. The molecule has 0 bridgehead atoms. The number of carbonyl (C=O) groups is 8. The van der Waals surface area contributed by atoms with Crippen molar-refractivity contribution in [3.63, 3.8) is 0 Å². The Morgan fingerprint density at radius 1 is 0.529 bits per heavy atom. The highest BCUT2D eigenvalue weighted by molar-refractivity contribution is 9.10. The van der Waals surface area contributed by atoms with E-state index in [1.165, 1.54) is 44.0 Å². The maximum Gasteiger partial charge on any atom is 0.339 e. The van der Waals surface area contributed by atoms with Crippen molar-refractivity contribution < 1.29 is 95.2 Å². The lowest BCUT2D eigenvalue weighted by Crippen LogP contribution is -2.61. The van der Waals surface area contributed by atoms with Gasteiger partial charge in [-0.3, -0.25) is 28.8 Å². The average molecular weight is 1320 g/mol. The Kier molecular flexibility index (Phi) is 23.7. The summed E-state index contributed by atoms with van der Waals surface area (Å²) in [6.45, 7) is 7.58. The highest BCUT2D eigenvalue weighted by Crippen LogP contribution is 2.55. The molecular formula is C57H70Br2N6O20. The molecule has 0 saturated carbocycles. The van der Waals surface area contributed by atoms with Crippen molar-refractivity contribution in [3.8, 4) is 11.1 Å². The first-order valence-electron chi connectivity index (χ1n) is 27.7. The molecule has 26 nitrogen and oxygen atoms in total. The minimum atomic E-state index is -1.60. The lowest BCUT2D eigenvalue weighted by Gasteiger charge is -2.43. The Morgan fingerprint density at radius 2 is 0.953 bits per heavy atom. The first kappa shape index (κ1) is 65.8. The van der Waals surface area contributed by atoms with E-state index in [2.05, 4.69) is 88.9 Å². The van der Waals surface area contributed by atoms with Crippen LogP contribution in [0, 0.1) is 0 Å². The van der Waals surface area contributed by atoms with Crippen LogP contribution in [0.15, 0.2) is 57.7 Å². The molecule has 5 unspecified atom stereocenters. The number of methoxy groups -OCH3 is 2. The van der Waals surface area contributed by atoms with Gasteiger partial charge >= 0.3 is 47.8 Å². The molecule has 1 aliphatic carbocycles. The molecule has 0 N–H and O–H groups in total. The summed E-state index contributed by atoms with van der Waals surface area (Å²) < 4.78 is 71.4. The van der Waals surface area contributed by atoms with E-state index in [9.17, 15) is 38.4 Å². The fourth-order valence-electron chi connectivity index (χ4n) is 11.1. The van der Waals surface area contributed by atoms with Gasteiger partial charge in [-0.05, 0) is 72.2 Å². The zero-order valence-electron chi connectivity index (χ0n) is 48.4. The minimum absolute atomic E-state index is 0.00561. The van der Waals surface area contributed by atoms with Crippen molar-refractivity contribution in [3.05, 3.63) is 80.3 Å². The van der Waals surface area contributed by atoms with Crippen LogP contribution in [0.5, 0.6) is 0 Å². The molecule has 3 aliphatic rings. The van der Waals surface area contributed by atoms with E-state index in [4.69, 9.17) is 56.8 Å². The Balaban J connectivity index is 0.932. The van der Waals surface area contributed by atoms with Crippen LogP contribution in [0.3, 0.4) is 0 Å². The number of aromatic nitrogens is 6. The van der Waals surface area contributed by atoms with Gasteiger partial charge in [0.1, 0.15) is 5.69 Å². The molecule has 2 aliphatic heterocycles. The fraction of sp³-hybridized carbons (Fsp3) is 0.579. The smallest absolute Gasteiger partial charge is 0.339 e. The van der Waals surface area contributed by atoms with Gasteiger partial charge in [0.2, 0.25) is 0 Å². The molecule has 4 heterocycles. The molecule has 0 amide bonds. The maximum atomic E-state index is 13.0. The third-order valence-electron chi connectivity index (χ3n) is 14.5. The molecule has 28 heteroatoms. The lowest BCUT2D eigenvalue weighted by atomic mass is 9.70. The van der Waals surface area contributed by atoms with E-state index in [0.29, 0.717) is 24.6 Å². The topological polar surface area (TPSA) is 309 Å². The van der Waals surface area contributed by atoms with Crippen LogP contribution in [-0.2, 0) is 114 Å². The second-order valence-electron chi connectivity index (χ2n) is 20.6. The molecule has 0 radical (unpaired) electrons. The Morgan fingerprint density at radius 3 is 1.42 bits per heavy atom. The number of fused-ring (bicyclic) bond motifs is 3. The van der Waals surface area contributed by atoms with E-state index in [1.54, 1.807) is 0 Å². The van der Waals surface area contributed by atoms with Gasteiger partial charge in [0.25, 0.3) is 0 Å². The number of rotatable bonds is 28. The summed E-state index contributed by atoms with van der Waals surface area (Å²) in [6.07, 6.45) is -3.02. The number of unbranched alkanes of at least 4 members (excludes halogenated alkanes) is 6. The van der Waals surface area contributed by atoms with Gasteiger partial charge < -0.3 is 56.8 Å². The third kappa shape index (κ3) is 16.6. The van der Waals surface area contributed by atoms with E-state index in [-0.39, 0.29) is 18.6 Å². The predicted octanol–water partition coefficient (Wildman–Crippen LogP) is 6.73. The molecule has 0 spiro atoms. The molecule has 2 fully saturated rings. The number of halogens is 2. The zero-order chi connectivity index (χ0) is 61.5. The van der Waals surface area contributed by atoms with Crippen LogP contribution in [0.1, 0.15) is 141 Å². The van der Waals surface area contributed by atoms with Gasteiger partial charge in [-0.15, -0.1) is 10.2 Å². The molecule has 2 aromatic heterocycles. The highest BCUT2D eigenvalue weighted by Gasteiger charge is 2.57. The van der Waals surface area contributed by atoms with Crippen molar-refractivity contribution in [1.82, 2.24) is 30.0 Å². The molecule has 7 rings (SSSR count). The van der Waals surface area contributed by atoms with Gasteiger partial charge in [-0.1, -0.05) is 92.9 Å². The van der Waals surface area contributed by atoms with E-state index >= 15 is 0 Å². The molecular weight excluding hydrogens is 1250 g/mol. The Labute approximate surface area is 507 Å². The summed E-state index contributed by atoms with van der Waals surface area (Å²) in [5, 5.41) is 16.5. The lowest BCUT2D eigenvalue weighted by molar-refractivity contribution is -0.265. The van der Waals surface area contributed by atoms with Crippen LogP contribution in [0.25, 0.3) is 11.1 Å². The molecule has 462 valence electrons. The molecule has 4 aromatic rings. The number of esters is 8. The Bertz CT molecular complexity index is 2980. The third-order valence-corrected chi connectivity index (χ3v) is 15.5.